The lowest BCUT2D eigenvalue weighted by molar-refractivity contribution is 0.747. The molecule has 1 saturated carbocycles. The van der Waals surface area contributed by atoms with E-state index in [-0.39, 0.29) is 0 Å². The maximum absolute atomic E-state index is 5.88. The highest BCUT2D eigenvalue weighted by Crippen LogP contribution is 2.47. The fourth-order valence-corrected chi connectivity index (χ4v) is 2.62. The Kier molecular flexibility index (Phi) is 2.47. The van der Waals surface area contributed by atoms with Crippen LogP contribution in [-0.4, -0.2) is 19.1 Å². The number of nitrogens with two attached hydrogens (primary N) is 1. The van der Waals surface area contributed by atoms with E-state index >= 15 is 0 Å². The Balaban J connectivity index is 1.72. The number of hydrogen-bond donors (Lipinski definition) is 2. The summed E-state index contributed by atoms with van der Waals surface area (Å²) in [5.41, 5.74) is 7.07. The van der Waals surface area contributed by atoms with Crippen LogP contribution in [0.25, 0.3) is 0 Å². The van der Waals surface area contributed by atoms with E-state index < -0.39 is 0 Å². The SMILES string of the molecule is Cn1cnc(CNc2snc(N)c2C2CC2)n1. The second kappa shape index (κ2) is 3.99. The van der Waals surface area contributed by atoms with E-state index in [9.17, 15) is 0 Å². The third-order valence-electron chi connectivity index (χ3n) is 2.80. The van der Waals surface area contributed by atoms with Gasteiger partial charge in [0.2, 0.25) is 0 Å². The number of anilines is 2. The summed E-state index contributed by atoms with van der Waals surface area (Å²) < 4.78 is 5.90. The molecule has 3 rings (SSSR count). The number of aromatic nitrogens is 4. The number of nitrogens with one attached hydrogen (secondary N) is 1. The minimum atomic E-state index is 0.605. The van der Waals surface area contributed by atoms with E-state index in [1.54, 1.807) is 11.0 Å². The van der Waals surface area contributed by atoms with Crippen LogP contribution in [0.3, 0.4) is 0 Å². The molecule has 0 bridgehead atoms. The predicted molar refractivity (Wildman–Crippen MR) is 66.8 cm³/mol. The van der Waals surface area contributed by atoms with Crippen molar-refractivity contribution in [3.8, 4) is 0 Å². The van der Waals surface area contributed by atoms with E-state index in [1.807, 2.05) is 7.05 Å². The summed E-state index contributed by atoms with van der Waals surface area (Å²) in [6, 6.07) is 0. The van der Waals surface area contributed by atoms with Crippen LogP contribution >= 0.6 is 11.5 Å². The third-order valence-corrected chi connectivity index (χ3v) is 3.63. The Labute approximate surface area is 103 Å². The summed E-state index contributed by atoms with van der Waals surface area (Å²) in [7, 11) is 1.86. The van der Waals surface area contributed by atoms with Crippen LogP contribution in [0.4, 0.5) is 10.8 Å². The Hall–Kier alpha value is -1.63. The molecule has 2 aromatic rings. The van der Waals surface area contributed by atoms with E-state index in [1.165, 1.54) is 29.9 Å². The van der Waals surface area contributed by atoms with E-state index in [4.69, 9.17) is 5.73 Å². The molecule has 6 nitrogen and oxygen atoms in total. The van der Waals surface area contributed by atoms with Gasteiger partial charge in [-0.25, -0.2) is 4.98 Å². The fourth-order valence-electron chi connectivity index (χ4n) is 1.83. The lowest BCUT2D eigenvalue weighted by Crippen LogP contribution is -2.03. The third kappa shape index (κ3) is 2.10. The molecule has 0 unspecified atom stereocenters. The van der Waals surface area contributed by atoms with E-state index in [0.717, 1.165) is 10.8 Å². The zero-order valence-corrected chi connectivity index (χ0v) is 10.4. The Morgan fingerprint density at radius 3 is 3.06 bits per heavy atom. The molecule has 1 fully saturated rings. The maximum Gasteiger partial charge on any atom is 0.169 e. The van der Waals surface area contributed by atoms with Crippen molar-refractivity contribution in [2.75, 3.05) is 11.1 Å². The van der Waals surface area contributed by atoms with Crippen LogP contribution in [0.15, 0.2) is 6.33 Å². The van der Waals surface area contributed by atoms with Crippen molar-refractivity contribution < 1.29 is 0 Å². The molecule has 2 heterocycles. The molecule has 90 valence electrons. The van der Waals surface area contributed by atoms with Crippen LogP contribution in [0.5, 0.6) is 0 Å². The van der Waals surface area contributed by atoms with Gasteiger partial charge in [0, 0.05) is 12.6 Å². The summed E-state index contributed by atoms with van der Waals surface area (Å²) in [6.45, 7) is 0.613. The molecule has 0 aliphatic heterocycles. The highest BCUT2D eigenvalue weighted by atomic mass is 32.1. The topological polar surface area (TPSA) is 81.7 Å². The molecular weight excluding hydrogens is 236 g/mol. The van der Waals surface area contributed by atoms with Gasteiger partial charge in [0.25, 0.3) is 0 Å². The van der Waals surface area contributed by atoms with Gasteiger partial charge in [0.05, 0.1) is 6.54 Å². The van der Waals surface area contributed by atoms with Crippen molar-refractivity contribution in [1.82, 2.24) is 19.1 Å². The molecule has 1 aliphatic rings. The lowest BCUT2D eigenvalue weighted by atomic mass is 10.2. The first-order chi connectivity index (χ1) is 8.24. The molecule has 0 spiro atoms. The fraction of sp³-hybridized carbons (Fsp3) is 0.500. The van der Waals surface area contributed by atoms with Gasteiger partial charge in [-0.05, 0) is 30.3 Å². The monoisotopic (exact) mass is 250 g/mol. The quantitative estimate of drug-likeness (QED) is 0.855. The summed E-state index contributed by atoms with van der Waals surface area (Å²) in [6.07, 6.45) is 4.14. The molecule has 1 aliphatic carbocycles. The first kappa shape index (κ1) is 10.5. The second-order valence-electron chi connectivity index (χ2n) is 4.27. The second-order valence-corrected chi connectivity index (χ2v) is 5.05. The van der Waals surface area contributed by atoms with Gasteiger partial charge in [0.15, 0.2) is 5.82 Å². The first-order valence-corrected chi connectivity index (χ1v) is 6.35. The normalized spacial score (nSPS) is 15.1. The lowest BCUT2D eigenvalue weighted by Gasteiger charge is -2.03. The molecular formula is C10H14N6S. The predicted octanol–water partition coefficient (Wildman–Crippen LogP) is 1.34. The minimum absolute atomic E-state index is 0.605. The van der Waals surface area contributed by atoms with Gasteiger partial charge in [-0.15, -0.1) is 0 Å². The van der Waals surface area contributed by atoms with Gasteiger partial charge < -0.3 is 11.1 Å². The molecule has 0 saturated heterocycles. The summed E-state index contributed by atoms with van der Waals surface area (Å²) in [4.78, 5) is 4.17. The van der Waals surface area contributed by atoms with Crippen LogP contribution in [0, 0.1) is 0 Å². The largest absolute Gasteiger partial charge is 0.383 e. The van der Waals surface area contributed by atoms with Crippen molar-refractivity contribution in [2.45, 2.75) is 25.3 Å². The molecule has 3 N–H and O–H groups in total. The zero-order chi connectivity index (χ0) is 11.8. The van der Waals surface area contributed by atoms with Crippen molar-refractivity contribution in [3.63, 3.8) is 0 Å². The number of rotatable bonds is 4. The van der Waals surface area contributed by atoms with Crippen LogP contribution in [0.1, 0.15) is 30.1 Å². The molecule has 0 atom stereocenters. The number of aryl methyl sites for hydroxylation is 1. The van der Waals surface area contributed by atoms with Crippen LogP contribution < -0.4 is 11.1 Å². The Morgan fingerprint density at radius 1 is 1.59 bits per heavy atom. The summed E-state index contributed by atoms with van der Waals surface area (Å²) >= 11 is 1.42. The van der Waals surface area contributed by atoms with Gasteiger partial charge in [-0.1, -0.05) is 0 Å². The van der Waals surface area contributed by atoms with Gasteiger partial charge in [-0.3, -0.25) is 4.68 Å². The molecule has 0 amide bonds. The Bertz CT molecular complexity index is 527. The van der Waals surface area contributed by atoms with Crippen molar-refractivity contribution in [3.05, 3.63) is 17.7 Å². The molecule has 7 heteroatoms. The summed E-state index contributed by atoms with van der Waals surface area (Å²) in [5.74, 6) is 2.06. The smallest absolute Gasteiger partial charge is 0.169 e. The summed E-state index contributed by atoms with van der Waals surface area (Å²) in [5, 5.41) is 8.61. The number of nitrogens with zero attached hydrogens (tertiary/aromatic N) is 4. The average molecular weight is 250 g/mol. The van der Waals surface area contributed by atoms with Crippen molar-refractivity contribution >= 4 is 22.4 Å². The average Bonchev–Trinajstić information content (AvgIpc) is 2.95. The number of hydrogen-bond acceptors (Lipinski definition) is 6. The van der Waals surface area contributed by atoms with Crippen LogP contribution in [-0.2, 0) is 13.6 Å². The molecule has 0 radical (unpaired) electrons. The van der Waals surface area contributed by atoms with Crippen LogP contribution in [0.2, 0.25) is 0 Å². The zero-order valence-electron chi connectivity index (χ0n) is 9.55. The molecule has 0 aromatic carbocycles. The van der Waals surface area contributed by atoms with Gasteiger partial charge in [-0.2, -0.15) is 9.47 Å². The minimum Gasteiger partial charge on any atom is -0.383 e. The van der Waals surface area contributed by atoms with Crippen molar-refractivity contribution in [1.29, 1.82) is 0 Å². The van der Waals surface area contributed by atoms with Gasteiger partial charge in [0.1, 0.15) is 17.1 Å². The number of nitrogen functional groups attached to an aromatic ring is 1. The Morgan fingerprint density at radius 2 is 2.41 bits per heavy atom. The highest BCUT2D eigenvalue weighted by molar-refractivity contribution is 7.10. The first-order valence-electron chi connectivity index (χ1n) is 5.57. The molecule has 17 heavy (non-hydrogen) atoms. The maximum atomic E-state index is 5.88. The van der Waals surface area contributed by atoms with E-state index in [2.05, 4.69) is 19.8 Å². The standard InChI is InChI=1S/C10H14N6S/c1-16-5-13-7(14-16)4-12-10-8(6-2-3-6)9(11)15-17-10/h5-6,12H,2-4H2,1H3,(H2,11,15). The molecule has 2 aromatic heterocycles. The van der Waals surface area contributed by atoms with Gasteiger partial charge >= 0.3 is 0 Å². The highest BCUT2D eigenvalue weighted by Gasteiger charge is 2.30. The van der Waals surface area contributed by atoms with Crippen molar-refractivity contribution in [2.24, 2.45) is 7.05 Å². The van der Waals surface area contributed by atoms with E-state index in [0.29, 0.717) is 18.3 Å².